The van der Waals surface area contributed by atoms with Crippen LogP contribution in [0.15, 0.2) is 56.1 Å². The van der Waals surface area contributed by atoms with E-state index in [0.29, 0.717) is 28.6 Å². The summed E-state index contributed by atoms with van der Waals surface area (Å²) in [5, 5.41) is 27.1. The maximum absolute atomic E-state index is 11.6. The van der Waals surface area contributed by atoms with E-state index in [0.717, 1.165) is 0 Å². The van der Waals surface area contributed by atoms with Gasteiger partial charge in [0, 0.05) is 12.2 Å². The molecule has 12 heteroatoms. The Morgan fingerprint density at radius 3 is 2.93 bits per heavy atom. The lowest BCUT2D eigenvalue weighted by Gasteiger charge is -2.12. The van der Waals surface area contributed by atoms with Crippen LogP contribution < -0.4 is 15.2 Å². The van der Waals surface area contributed by atoms with Crippen molar-refractivity contribution in [1.82, 2.24) is 4.72 Å². The molecule has 150 valence electrons. The summed E-state index contributed by atoms with van der Waals surface area (Å²) in [5.74, 6) is -0.113. The van der Waals surface area contributed by atoms with E-state index in [1.54, 1.807) is 12.1 Å². The topological polar surface area (TPSA) is 138 Å². The van der Waals surface area contributed by atoms with Crippen LogP contribution in [0.3, 0.4) is 0 Å². The molecule has 1 aromatic carbocycles. The van der Waals surface area contributed by atoms with E-state index in [2.05, 4.69) is 20.3 Å². The molecule has 1 unspecified atom stereocenters. The average molecular weight is 444 g/mol. The van der Waals surface area contributed by atoms with Crippen molar-refractivity contribution in [3.63, 3.8) is 0 Å². The Balaban J connectivity index is 1.87. The number of rotatable bonds is 7. The number of benzene rings is 1. The predicted octanol–water partition coefficient (Wildman–Crippen LogP) is 3.11. The zero-order chi connectivity index (χ0) is 20.3. The van der Waals surface area contributed by atoms with Crippen molar-refractivity contribution in [3.05, 3.63) is 50.9 Å². The Hall–Kier alpha value is -1.89. The first-order valence-electron chi connectivity index (χ1n) is 8.14. The number of fused-ring (bicyclic) bond motifs is 1. The molecule has 1 aromatic rings. The number of sulfonamides is 1. The quantitative estimate of drug-likeness (QED) is 0.167. The molecule has 0 aromatic heterocycles. The molecule has 0 fully saturated rings. The number of anilines is 1. The van der Waals surface area contributed by atoms with Gasteiger partial charge in [0.2, 0.25) is 10.0 Å². The van der Waals surface area contributed by atoms with Gasteiger partial charge in [-0.1, -0.05) is 17.7 Å². The van der Waals surface area contributed by atoms with Crippen molar-refractivity contribution >= 4 is 44.9 Å². The number of azo groups is 1. The van der Waals surface area contributed by atoms with E-state index in [1.165, 1.54) is 30.2 Å². The summed E-state index contributed by atoms with van der Waals surface area (Å²) in [6, 6.07) is 2.86. The summed E-state index contributed by atoms with van der Waals surface area (Å²) in [6.45, 7) is 2.57. The number of phenolic OH excluding ortho intramolecular Hbond substituents is 1. The SMILES string of the molecule is CCOCNc1cc(/N=N/C2=C3C=C(S(N)(=O)=O)C=CC3NS2)cc(Cl)c1O. The van der Waals surface area contributed by atoms with Crippen molar-refractivity contribution in [2.45, 2.75) is 13.0 Å². The summed E-state index contributed by atoms with van der Waals surface area (Å²) in [5.41, 5.74) is 1.42. The Bertz CT molecular complexity index is 1000. The third kappa shape index (κ3) is 4.74. The summed E-state index contributed by atoms with van der Waals surface area (Å²) in [7, 11) is -3.82. The first kappa shape index (κ1) is 20.8. The molecule has 0 amide bonds. The largest absolute Gasteiger partial charge is 0.504 e. The van der Waals surface area contributed by atoms with Crippen LogP contribution in [0, 0.1) is 0 Å². The van der Waals surface area contributed by atoms with Gasteiger partial charge in [-0.25, -0.2) is 18.3 Å². The van der Waals surface area contributed by atoms with Crippen LogP contribution in [0.1, 0.15) is 6.92 Å². The number of halogens is 1. The molecule has 0 radical (unpaired) electrons. The lowest BCUT2D eigenvalue weighted by molar-refractivity contribution is 0.166. The van der Waals surface area contributed by atoms with Gasteiger partial charge in [0.25, 0.3) is 0 Å². The van der Waals surface area contributed by atoms with Crippen molar-refractivity contribution in [2.75, 3.05) is 18.7 Å². The number of hydrogen-bond donors (Lipinski definition) is 4. The van der Waals surface area contributed by atoms with Gasteiger partial charge in [-0.05, 0) is 43.2 Å². The first-order chi connectivity index (χ1) is 13.3. The Morgan fingerprint density at radius 1 is 1.43 bits per heavy atom. The molecule has 3 rings (SSSR count). The zero-order valence-corrected chi connectivity index (χ0v) is 17.1. The summed E-state index contributed by atoms with van der Waals surface area (Å²) in [4.78, 5) is 0.00541. The molecule has 2 aliphatic rings. The molecule has 0 spiro atoms. The fourth-order valence-corrected chi connectivity index (χ4v) is 4.03. The number of nitrogens with one attached hydrogen (secondary N) is 2. The smallest absolute Gasteiger partial charge is 0.238 e. The van der Waals surface area contributed by atoms with Crippen LogP contribution in [0.5, 0.6) is 5.75 Å². The monoisotopic (exact) mass is 443 g/mol. The van der Waals surface area contributed by atoms with Gasteiger partial charge in [-0.15, -0.1) is 10.2 Å². The maximum atomic E-state index is 11.6. The van der Waals surface area contributed by atoms with Crippen LogP contribution >= 0.6 is 23.5 Å². The van der Waals surface area contributed by atoms with E-state index >= 15 is 0 Å². The molecule has 5 N–H and O–H groups in total. The minimum Gasteiger partial charge on any atom is -0.504 e. The number of nitrogens with two attached hydrogens (primary N) is 1. The van der Waals surface area contributed by atoms with Crippen LogP contribution in [0.25, 0.3) is 0 Å². The van der Waals surface area contributed by atoms with Gasteiger partial charge in [-0.2, -0.15) is 0 Å². The van der Waals surface area contributed by atoms with E-state index in [1.807, 2.05) is 6.92 Å². The number of phenols is 1. The molecule has 28 heavy (non-hydrogen) atoms. The second-order valence-corrected chi connectivity index (χ2v) is 8.54. The average Bonchev–Trinajstić information content (AvgIpc) is 3.05. The molecule has 9 nitrogen and oxygen atoms in total. The summed E-state index contributed by atoms with van der Waals surface area (Å²) >= 11 is 7.27. The Kier molecular flexibility index (Phi) is 6.43. The number of aromatic hydroxyl groups is 1. The second-order valence-electron chi connectivity index (χ2n) is 5.75. The fraction of sp³-hybridized carbons (Fsp3) is 0.250. The number of primary sulfonamides is 1. The fourth-order valence-electron chi connectivity index (χ4n) is 2.43. The van der Waals surface area contributed by atoms with E-state index < -0.39 is 10.0 Å². The second kappa shape index (κ2) is 8.64. The van der Waals surface area contributed by atoms with Crippen LogP contribution in [0.4, 0.5) is 11.4 Å². The van der Waals surface area contributed by atoms with Gasteiger partial charge >= 0.3 is 0 Å². The highest BCUT2D eigenvalue weighted by molar-refractivity contribution is 8.01. The van der Waals surface area contributed by atoms with Gasteiger partial charge in [0.1, 0.15) is 11.8 Å². The predicted molar refractivity (Wildman–Crippen MR) is 110 cm³/mol. The molecule has 1 aliphatic carbocycles. The first-order valence-corrected chi connectivity index (χ1v) is 10.9. The van der Waals surface area contributed by atoms with Crippen molar-refractivity contribution in [3.8, 4) is 5.75 Å². The minimum absolute atomic E-state index is 0.00541. The van der Waals surface area contributed by atoms with Crippen LogP contribution in [-0.4, -0.2) is 32.9 Å². The van der Waals surface area contributed by atoms with E-state index in [-0.39, 0.29) is 28.4 Å². The molecule has 1 heterocycles. The zero-order valence-electron chi connectivity index (χ0n) is 14.7. The number of allylic oxidation sites excluding steroid dienone is 1. The normalized spacial score (nSPS) is 19.2. The van der Waals surface area contributed by atoms with Crippen LogP contribution in [-0.2, 0) is 14.8 Å². The maximum Gasteiger partial charge on any atom is 0.238 e. The lowest BCUT2D eigenvalue weighted by Crippen LogP contribution is -2.22. The molecule has 0 saturated carbocycles. The van der Waals surface area contributed by atoms with Crippen molar-refractivity contribution < 1.29 is 18.3 Å². The van der Waals surface area contributed by atoms with Crippen LogP contribution in [0.2, 0.25) is 5.02 Å². The number of hydrogen-bond acceptors (Lipinski definition) is 9. The van der Waals surface area contributed by atoms with Crippen molar-refractivity contribution in [1.29, 1.82) is 0 Å². The van der Waals surface area contributed by atoms with E-state index in [9.17, 15) is 13.5 Å². The van der Waals surface area contributed by atoms with Crippen molar-refractivity contribution in [2.24, 2.45) is 15.4 Å². The third-order valence-electron chi connectivity index (χ3n) is 3.82. The standard InChI is InChI=1S/C16H18ClN5O4S2/c1-2-26-8-19-14-6-9(5-12(17)15(14)23)20-21-16-11-7-10(28(18,24)25)3-4-13(11)22-27-16/h3-7,13,19,22-23H,2,8H2,1H3,(H2,18,24,25)/b21-20+. The molecule has 1 aliphatic heterocycles. The molecule has 1 atom stereocenters. The van der Waals surface area contributed by atoms with Gasteiger partial charge < -0.3 is 15.2 Å². The third-order valence-corrected chi connectivity index (χ3v) is 5.90. The Morgan fingerprint density at radius 2 is 2.21 bits per heavy atom. The summed E-state index contributed by atoms with van der Waals surface area (Å²) in [6.07, 6.45) is 4.62. The highest BCUT2D eigenvalue weighted by Gasteiger charge is 2.27. The molecular formula is C16H18ClN5O4S2. The minimum atomic E-state index is -3.82. The summed E-state index contributed by atoms with van der Waals surface area (Å²) < 4.78 is 31.5. The van der Waals surface area contributed by atoms with Gasteiger partial charge in [-0.3, -0.25) is 0 Å². The van der Waals surface area contributed by atoms with Gasteiger partial charge in [0.15, 0.2) is 5.75 Å². The number of nitrogens with zero attached hydrogens (tertiary/aromatic N) is 2. The molecule has 0 saturated heterocycles. The molecule has 0 bridgehead atoms. The number of ether oxygens (including phenoxy) is 1. The lowest BCUT2D eigenvalue weighted by atomic mass is 10.0. The highest BCUT2D eigenvalue weighted by Crippen LogP contribution is 2.38. The van der Waals surface area contributed by atoms with Gasteiger partial charge in [0.05, 0.1) is 27.3 Å². The highest BCUT2D eigenvalue weighted by atomic mass is 35.5. The molecular weight excluding hydrogens is 426 g/mol. The van der Waals surface area contributed by atoms with E-state index in [4.69, 9.17) is 21.5 Å². The Labute approximate surface area is 171 Å².